The molecule has 8 heteroatoms. The lowest BCUT2D eigenvalue weighted by Gasteiger charge is -2.28. The quantitative estimate of drug-likeness (QED) is 0.422. The van der Waals surface area contributed by atoms with E-state index in [4.69, 9.17) is 21.1 Å². The fourth-order valence-electron chi connectivity index (χ4n) is 4.10. The lowest BCUT2D eigenvalue weighted by Crippen LogP contribution is -2.37. The number of aliphatic hydroxyl groups excluding tert-OH is 1. The Balaban J connectivity index is 1.51. The minimum atomic E-state index is -0.448. The van der Waals surface area contributed by atoms with Gasteiger partial charge in [-0.3, -0.25) is 9.59 Å². The highest BCUT2D eigenvalue weighted by molar-refractivity contribution is 6.30. The van der Waals surface area contributed by atoms with Crippen molar-refractivity contribution in [3.8, 4) is 0 Å². The number of para-hydroxylation sites is 1. The number of hydrogen-bond acceptors (Lipinski definition) is 5. The SMILES string of the molecule is O=C(Nc1ccc(Cl)cc1)c1oc2ccccc2c1NC(=O)[C@H]1CC[C@H](NCCO)CC1. The van der Waals surface area contributed by atoms with Gasteiger partial charge in [-0.05, 0) is 62.1 Å². The molecule has 0 unspecified atom stereocenters. The molecule has 3 aromatic rings. The summed E-state index contributed by atoms with van der Waals surface area (Å²) < 4.78 is 5.82. The fourth-order valence-corrected chi connectivity index (χ4v) is 4.23. The van der Waals surface area contributed by atoms with E-state index in [1.165, 1.54) is 0 Å². The number of fused-ring (bicyclic) bond motifs is 1. The second-order valence-electron chi connectivity index (χ2n) is 7.98. The van der Waals surface area contributed by atoms with Gasteiger partial charge in [0.1, 0.15) is 11.3 Å². The third-order valence-electron chi connectivity index (χ3n) is 5.79. The van der Waals surface area contributed by atoms with Gasteiger partial charge in [-0.2, -0.15) is 0 Å². The highest BCUT2D eigenvalue weighted by Gasteiger charge is 2.29. The number of rotatable bonds is 7. The zero-order valence-corrected chi connectivity index (χ0v) is 18.3. The molecule has 0 atom stereocenters. The molecule has 2 amide bonds. The Hall–Kier alpha value is -2.87. The smallest absolute Gasteiger partial charge is 0.293 e. The number of furan rings is 1. The monoisotopic (exact) mass is 455 g/mol. The van der Waals surface area contributed by atoms with Crippen LogP contribution in [0, 0.1) is 5.92 Å². The number of halogens is 1. The van der Waals surface area contributed by atoms with Gasteiger partial charge in [-0.25, -0.2) is 0 Å². The molecular weight excluding hydrogens is 430 g/mol. The van der Waals surface area contributed by atoms with Gasteiger partial charge in [0.2, 0.25) is 11.7 Å². The Morgan fingerprint density at radius 2 is 1.72 bits per heavy atom. The Kier molecular flexibility index (Phi) is 7.09. The van der Waals surface area contributed by atoms with Crippen molar-refractivity contribution >= 4 is 45.8 Å². The van der Waals surface area contributed by atoms with E-state index in [1.54, 1.807) is 30.3 Å². The van der Waals surface area contributed by atoms with Crippen LogP contribution in [0.25, 0.3) is 11.0 Å². The number of hydrogen-bond donors (Lipinski definition) is 4. The number of anilines is 2. The molecule has 1 aliphatic carbocycles. The van der Waals surface area contributed by atoms with Gasteiger partial charge < -0.3 is 25.5 Å². The topological polar surface area (TPSA) is 104 Å². The van der Waals surface area contributed by atoms with Crippen LogP contribution in [0.3, 0.4) is 0 Å². The number of carbonyl (C=O) groups excluding carboxylic acids is 2. The molecule has 2 aromatic carbocycles. The highest BCUT2D eigenvalue weighted by atomic mass is 35.5. The molecule has 4 N–H and O–H groups in total. The zero-order chi connectivity index (χ0) is 22.5. The van der Waals surface area contributed by atoms with Gasteiger partial charge in [0.25, 0.3) is 5.91 Å². The maximum Gasteiger partial charge on any atom is 0.293 e. The van der Waals surface area contributed by atoms with Crippen LogP contribution in [0.2, 0.25) is 5.02 Å². The Morgan fingerprint density at radius 3 is 2.44 bits per heavy atom. The first kappa shape index (κ1) is 22.3. The number of aliphatic hydroxyl groups is 1. The van der Waals surface area contributed by atoms with Gasteiger partial charge in [0.15, 0.2) is 0 Å². The van der Waals surface area contributed by atoms with Crippen molar-refractivity contribution in [2.24, 2.45) is 5.92 Å². The van der Waals surface area contributed by atoms with E-state index in [0.29, 0.717) is 40.0 Å². The molecule has 1 aromatic heterocycles. The average Bonchev–Trinajstić information content (AvgIpc) is 3.18. The minimum absolute atomic E-state index is 0.0628. The van der Waals surface area contributed by atoms with Crippen molar-refractivity contribution in [3.05, 3.63) is 59.3 Å². The Bertz CT molecular complexity index is 1090. The molecule has 0 aliphatic heterocycles. The van der Waals surface area contributed by atoms with E-state index in [9.17, 15) is 9.59 Å². The van der Waals surface area contributed by atoms with Crippen molar-refractivity contribution in [1.82, 2.24) is 5.32 Å². The predicted octanol–water partition coefficient (Wildman–Crippen LogP) is 4.42. The van der Waals surface area contributed by atoms with E-state index in [1.807, 2.05) is 18.2 Å². The van der Waals surface area contributed by atoms with E-state index < -0.39 is 5.91 Å². The largest absolute Gasteiger partial charge is 0.449 e. The summed E-state index contributed by atoms with van der Waals surface area (Å²) in [5.41, 5.74) is 1.49. The van der Waals surface area contributed by atoms with Crippen LogP contribution in [0.5, 0.6) is 0 Å². The van der Waals surface area contributed by atoms with Crippen LogP contribution < -0.4 is 16.0 Å². The lowest BCUT2D eigenvalue weighted by atomic mass is 9.85. The second kappa shape index (κ2) is 10.2. The van der Waals surface area contributed by atoms with Gasteiger partial charge >= 0.3 is 0 Å². The molecule has 0 bridgehead atoms. The molecule has 1 saturated carbocycles. The summed E-state index contributed by atoms with van der Waals surface area (Å²) in [6, 6.07) is 14.3. The van der Waals surface area contributed by atoms with Gasteiger partial charge in [-0.15, -0.1) is 0 Å². The normalized spacial score (nSPS) is 18.4. The van der Waals surface area contributed by atoms with Crippen molar-refractivity contribution < 1.29 is 19.1 Å². The maximum absolute atomic E-state index is 13.0. The molecular formula is C24H26ClN3O4. The summed E-state index contributed by atoms with van der Waals surface area (Å²) in [6.07, 6.45) is 3.23. The summed E-state index contributed by atoms with van der Waals surface area (Å²) in [5, 5.41) is 19.3. The van der Waals surface area contributed by atoms with Gasteiger partial charge in [-0.1, -0.05) is 23.7 Å². The van der Waals surface area contributed by atoms with Gasteiger partial charge in [0.05, 0.1) is 6.61 Å². The van der Waals surface area contributed by atoms with Crippen molar-refractivity contribution in [2.75, 3.05) is 23.8 Å². The van der Waals surface area contributed by atoms with Crippen LogP contribution in [0.1, 0.15) is 36.2 Å². The van der Waals surface area contributed by atoms with Crippen molar-refractivity contribution in [2.45, 2.75) is 31.7 Å². The standard InChI is InChI=1S/C24H26ClN3O4/c25-16-7-11-18(12-8-16)27-24(31)22-21(19-3-1-2-4-20(19)32-22)28-23(30)15-5-9-17(10-6-15)26-13-14-29/h1-4,7-8,11-12,15,17,26,29H,5-6,9-10,13-14H2,(H,27,31)(H,28,30)/t15-,17-. The first-order chi connectivity index (χ1) is 15.5. The molecule has 7 nitrogen and oxygen atoms in total. The molecule has 32 heavy (non-hydrogen) atoms. The minimum Gasteiger partial charge on any atom is -0.449 e. The Labute approximate surface area is 191 Å². The summed E-state index contributed by atoms with van der Waals surface area (Å²) in [7, 11) is 0. The molecule has 1 heterocycles. The fraction of sp³-hybridized carbons (Fsp3) is 0.333. The van der Waals surface area contributed by atoms with E-state index >= 15 is 0 Å². The van der Waals surface area contributed by atoms with Crippen LogP contribution >= 0.6 is 11.6 Å². The molecule has 4 rings (SSSR count). The average molecular weight is 456 g/mol. The van der Waals surface area contributed by atoms with Crippen molar-refractivity contribution in [3.63, 3.8) is 0 Å². The Morgan fingerprint density at radius 1 is 1.00 bits per heavy atom. The van der Waals surface area contributed by atoms with Crippen molar-refractivity contribution in [1.29, 1.82) is 0 Å². The lowest BCUT2D eigenvalue weighted by molar-refractivity contribution is -0.120. The molecule has 1 aliphatic rings. The second-order valence-corrected chi connectivity index (χ2v) is 8.42. The molecule has 0 saturated heterocycles. The summed E-state index contributed by atoms with van der Waals surface area (Å²) >= 11 is 5.92. The zero-order valence-electron chi connectivity index (χ0n) is 17.6. The van der Waals surface area contributed by atoms with Crippen LogP contribution in [0.15, 0.2) is 52.9 Å². The maximum atomic E-state index is 13.0. The number of nitrogens with one attached hydrogen (secondary N) is 3. The van der Waals surface area contributed by atoms with Crippen LogP contribution in [-0.4, -0.2) is 36.1 Å². The number of benzene rings is 2. The molecule has 1 fully saturated rings. The molecule has 0 spiro atoms. The first-order valence-corrected chi connectivity index (χ1v) is 11.2. The third kappa shape index (κ3) is 5.12. The third-order valence-corrected chi connectivity index (χ3v) is 6.05. The van der Waals surface area contributed by atoms with Gasteiger partial charge in [0, 0.05) is 34.6 Å². The highest BCUT2D eigenvalue weighted by Crippen LogP contribution is 2.33. The van der Waals surface area contributed by atoms with Crippen LogP contribution in [-0.2, 0) is 4.79 Å². The number of amides is 2. The first-order valence-electron chi connectivity index (χ1n) is 10.8. The molecule has 168 valence electrons. The van der Waals surface area contributed by atoms with Crippen LogP contribution in [0.4, 0.5) is 11.4 Å². The summed E-state index contributed by atoms with van der Waals surface area (Å²) in [5.74, 6) is -0.635. The molecule has 0 radical (unpaired) electrons. The van der Waals surface area contributed by atoms with E-state index in [2.05, 4.69) is 16.0 Å². The van der Waals surface area contributed by atoms with E-state index in [0.717, 1.165) is 25.7 Å². The summed E-state index contributed by atoms with van der Waals surface area (Å²) in [6.45, 7) is 0.670. The predicted molar refractivity (Wildman–Crippen MR) is 125 cm³/mol. The number of carbonyl (C=O) groups is 2. The van der Waals surface area contributed by atoms with E-state index in [-0.39, 0.29) is 24.2 Å². The summed E-state index contributed by atoms with van der Waals surface area (Å²) in [4.78, 5) is 26.0.